The molecule has 3 heteroatoms. The zero-order valence-electron chi connectivity index (χ0n) is 10.8. The van der Waals surface area contributed by atoms with Crippen molar-refractivity contribution in [3.63, 3.8) is 0 Å². The molecule has 0 radical (unpaired) electrons. The molecule has 0 aromatic heterocycles. The Labute approximate surface area is 107 Å². The van der Waals surface area contributed by atoms with Crippen molar-refractivity contribution in [1.29, 1.82) is 0 Å². The molecule has 2 aliphatic heterocycles. The Kier molecular flexibility index (Phi) is 2.78. The molecule has 0 amide bonds. The van der Waals surface area contributed by atoms with E-state index in [2.05, 4.69) is 18.7 Å². The van der Waals surface area contributed by atoms with Crippen molar-refractivity contribution in [2.24, 2.45) is 5.92 Å². The number of rotatable bonds is 4. The van der Waals surface area contributed by atoms with Crippen LogP contribution in [0.25, 0.3) is 0 Å². The van der Waals surface area contributed by atoms with Crippen molar-refractivity contribution in [3.05, 3.63) is 35.9 Å². The average molecular weight is 246 g/mol. The molecule has 3 rings (SSSR count). The molecule has 3 atom stereocenters. The molecular formula is C15H18O3. The van der Waals surface area contributed by atoms with E-state index in [-0.39, 0.29) is 12.2 Å². The van der Waals surface area contributed by atoms with Gasteiger partial charge in [0.1, 0.15) is 0 Å². The van der Waals surface area contributed by atoms with Gasteiger partial charge in [-0.3, -0.25) is 0 Å². The monoisotopic (exact) mass is 246 g/mol. The van der Waals surface area contributed by atoms with E-state index in [1.165, 1.54) is 11.1 Å². The lowest BCUT2D eigenvalue weighted by atomic mass is 9.82. The van der Waals surface area contributed by atoms with E-state index in [1.54, 1.807) is 14.2 Å². The van der Waals surface area contributed by atoms with E-state index in [0.717, 1.165) is 24.3 Å². The van der Waals surface area contributed by atoms with Gasteiger partial charge >= 0.3 is 0 Å². The quantitative estimate of drug-likeness (QED) is 0.762. The van der Waals surface area contributed by atoms with Gasteiger partial charge in [-0.1, -0.05) is 6.08 Å². The summed E-state index contributed by atoms with van der Waals surface area (Å²) in [7, 11) is 3.33. The molecule has 0 spiro atoms. The molecular weight excluding hydrogens is 228 g/mol. The van der Waals surface area contributed by atoms with Crippen molar-refractivity contribution in [3.8, 4) is 11.5 Å². The maximum absolute atomic E-state index is 6.05. The highest BCUT2D eigenvalue weighted by molar-refractivity contribution is 5.51. The minimum atomic E-state index is 0.197. The Hall–Kier alpha value is -1.48. The first kappa shape index (κ1) is 11.6. The number of methoxy groups -OCH3 is 2. The Morgan fingerprint density at radius 2 is 1.94 bits per heavy atom. The summed E-state index contributed by atoms with van der Waals surface area (Å²) in [5.74, 6) is 2.12. The third-order valence-corrected chi connectivity index (χ3v) is 3.97. The van der Waals surface area contributed by atoms with Crippen molar-refractivity contribution in [2.45, 2.75) is 25.0 Å². The number of ether oxygens (including phenoxy) is 3. The standard InChI is InChI=1S/C15H18O3/c1-4-5-9-6-12-10-7-13(16-2)14(17-3)8-11(10)15(9)18-12/h4,7-9,12,15H,1,5-6H2,2-3H3. The first-order valence-corrected chi connectivity index (χ1v) is 6.30. The molecule has 96 valence electrons. The lowest BCUT2D eigenvalue weighted by molar-refractivity contribution is 0.0602. The maximum atomic E-state index is 6.05. The second-order valence-corrected chi connectivity index (χ2v) is 4.90. The predicted octanol–water partition coefficient (Wildman–Crippen LogP) is 3.41. The largest absolute Gasteiger partial charge is 0.493 e. The minimum Gasteiger partial charge on any atom is -0.493 e. The highest BCUT2D eigenvalue weighted by atomic mass is 16.5. The zero-order chi connectivity index (χ0) is 12.7. The predicted molar refractivity (Wildman–Crippen MR) is 69.0 cm³/mol. The summed E-state index contributed by atoms with van der Waals surface area (Å²) in [6.45, 7) is 3.82. The smallest absolute Gasteiger partial charge is 0.161 e. The zero-order valence-corrected chi connectivity index (χ0v) is 10.8. The van der Waals surface area contributed by atoms with Crippen LogP contribution in [0.2, 0.25) is 0 Å². The minimum absolute atomic E-state index is 0.197. The normalized spacial score (nSPS) is 28.0. The number of fused-ring (bicyclic) bond motifs is 5. The molecule has 1 fully saturated rings. The van der Waals surface area contributed by atoms with Gasteiger partial charge in [-0.2, -0.15) is 0 Å². The lowest BCUT2D eigenvalue weighted by Crippen LogP contribution is -2.10. The molecule has 1 aromatic rings. The Balaban J connectivity index is 2.01. The number of hydrogen-bond acceptors (Lipinski definition) is 3. The van der Waals surface area contributed by atoms with Gasteiger partial charge < -0.3 is 14.2 Å². The van der Waals surface area contributed by atoms with Crippen LogP contribution >= 0.6 is 0 Å². The molecule has 2 bridgehead atoms. The summed E-state index contributed by atoms with van der Waals surface area (Å²) in [6, 6.07) is 4.12. The van der Waals surface area contributed by atoms with Crippen LogP contribution < -0.4 is 9.47 Å². The van der Waals surface area contributed by atoms with Crippen LogP contribution in [0, 0.1) is 5.92 Å². The third kappa shape index (κ3) is 1.54. The van der Waals surface area contributed by atoms with Gasteiger partial charge in [-0.05, 0) is 42.0 Å². The highest BCUT2D eigenvalue weighted by Gasteiger charge is 2.45. The van der Waals surface area contributed by atoms with Gasteiger partial charge in [0.25, 0.3) is 0 Å². The lowest BCUT2D eigenvalue weighted by Gasteiger charge is -2.21. The summed E-state index contributed by atoms with van der Waals surface area (Å²) >= 11 is 0. The van der Waals surface area contributed by atoms with E-state index in [1.807, 2.05) is 6.08 Å². The van der Waals surface area contributed by atoms with E-state index in [4.69, 9.17) is 14.2 Å². The Morgan fingerprint density at radius 3 is 2.56 bits per heavy atom. The number of allylic oxidation sites excluding steroid dienone is 1. The second-order valence-electron chi connectivity index (χ2n) is 4.90. The molecule has 0 N–H and O–H groups in total. The van der Waals surface area contributed by atoms with Crippen LogP contribution in [0.15, 0.2) is 24.8 Å². The average Bonchev–Trinajstić information content (AvgIpc) is 2.95. The van der Waals surface area contributed by atoms with Crippen LogP contribution in [0.5, 0.6) is 11.5 Å². The summed E-state index contributed by atoms with van der Waals surface area (Å²) in [5, 5.41) is 0. The third-order valence-electron chi connectivity index (χ3n) is 3.97. The van der Waals surface area contributed by atoms with Crippen LogP contribution in [0.1, 0.15) is 36.2 Å². The number of benzene rings is 1. The van der Waals surface area contributed by atoms with Gasteiger partial charge in [-0.15, -0.1) is 6.58 Å². The van der Waals surface area contributed by atoms with Gasteiger partial charge in [0.05, 0.1) is 26.4 Å². The topological polar surface area (TPSA) is 27.7 Å². The Morgan fingerprint density at radius 1 is 1.28 bits per heavy atom. The molecule has 1 saturated heterocycles. The van der Waals surface area contributed by atoms with Crippen LogP contribution in [-0.2, 0) is 4.74 Å². The molecule has 0 saturated carbocycles. The second kappa shape index (κ2) is 4.32. The Bertz CT molecular complexity index is 481. The van der Waals surface area contributed by atoms with Gasteiger partial charge in [0.2, 0.25) is 0 Å². The van der Waals surface area contributed by atoms with Crippen LogP contribution in [0.4, 0.5) is 0 Å². The highest BCUT2D eigenvalue weighted by Crippen LogP contribution is 2.56. The fourth-order valence-corrected chi connectivity index (χ4v) is 3.14. The SMILES string of the molecule is C=CCC1CC2OC1c1cc(OC)c(OC)cc12. The summed E-state index contributed by atoms with van der Waals surface area (Å²) in [4.78, 5) is 0. The molecule has 1 aromatic carbocycles. The first-order valence-electron chi connectivity index (χ1n) is 6.30. The molecule has 18 heavy (non-hydrogen) atoms. The van der Waals surface area contributed by atoms with E-state index in [9.17, 15) is 0 Å². The van der Waals surface area contributed by atoms with Gasteiger partial charge in [0, 0.05) is 0 Å². The van der Waals surface area contributed by atoms with E-state index < -0.39 is 0 Å². The maximum Gasteiger partial charge on any atom is 0.161 e. The van der Waals surface area contributed by atoms with E-state index >= 15 is 0 Å². The molecule has 0 aliphatic carbocycles. The van der Waals surface area contributed by atoms with Crippen molar-refractivity contribution < 1.29 is 14.2 Å². The van der Waals surface area contributed by atoms with E-state index in [0.29, 0.717) is 5.92 Å². The van der Waals surface area contributed by atoms with Gasteiger partial charge in [0.15, 0.2) is 11.5 Å². The fourth-order valence-electron chi connectivity index (χ4n) is 3.14. The van der Waals surface area contributed by atoms with Crippen LogP contribution in [-0.4, -0.2) is 14.2 Å². The van der Waals surface area contributed by atoms with Gasteiger partial charge in [-0.25, -0.2) is 0 Å². The summed E-state index contributed by atoms with van der Waals surface area (Å²) in [5.41, 5.74) is 2.52. The molecule has 2 aliphatic rings. The van der Waals surface area contributed by atoms with Crippen molar-refractivity contribution in [2.75, 3.05) is 14.2 Å². The summed E-state index contributed by atoms with van der Waals surface area (Å²) < 4.78 is 16.8. The molecule has 2 heterocycles. The molecule has 3 unspecified atom stereocenters. The van der Waals surface area contributed by atoms with Crippen molar-refractivity contribution in [1.82, 2.24) is 0 Å². The summed E-state index contributed by atoms with van der Waals surface area (Å²) in [6.07, 6.45) is 4.49. The van der Waals surface area contributed by atoms with Crippen molar-refractivity contribution >= 4 is 0 Å². The first-order chi connectivity index (χ1) is 8.78. The fraction of sp³-hybridized carbons (Fsp3) is 0.467. The van der Waals surface area contributed by atoms with Crippen LogP contribution in [0.3, 0.4) is 0 Å². The number of hydrogen-bond donors (Lipinski definition) is 0. The molecule has 3 nitrogen and oxygen atoms in total.